The molecule has 0 radical (unpaired) electrons. The van der Waals surface area contributed by atoms with E-state index in [4.69, 9.17) is 14.2 Å². The zero-order valence-corrected chi connectivity index (χ0v) is 15.3. The van der Waals surface area contributed by atoms with E-state index >= 15 is 0 Å². The van der Waals surface area contributed by atoms with E-state index < -0.39 is 0 Å². The minimum Gasteiger partial charge on any atom is -0.497 e. The van der Waals surface area contributed by atoms with E-state index in [1.165, 1.54) is 0 Å². The van der Waals surface area contributed by atoms with E-state index in [1.54, 1.807) is 26.5 Å². The first-order valence-corrected chi connectivity index (χ1v) is 8.51. The van der Waals surface area contributed by atoms with Gasteiger partial charge in [-0.1, -0.05) is 6.07 Å². The van der Waals surface area contributed by atoms with Gasteiger partial charge in [-0.3, -0.25) is 0 Å². The summed E-state index contributed by atoms with van der Waals surface area (Å²) in [6, 6.07) is 16.9. The summed E-state index contributed by atoms with van der Waals surface area (Å²) in [5.41, 5.74) is 0.891. The molecule has 3 aromatic rings. The summed E-state index contributed by atoms with van der Waals surface area (Å²) in [6.45, 7) is 1.07. The minimum absolute atomic E-state index is 0.489. The average Bonchev–Trinajstić information content (AvgIpc) is 2.72. The molecule has 0 aliphatic rings. The van der Waals surface area contributed by atoms with Crippen molar-refractivity contribution in [1.29, 1.82) is 0 Å². The summed E-state index contributed by atoms with van der Waals surface area (Å²) in [4.78, 5) is 8.67. The molecule has 0 bridgehead atoms. The Morgan fingerprint density at radius 1 is 0.889 bits per heavy atom. The molecule has 1 heterocycles. The van der Waals surface area contributed by atoms with Gasteiger partial charge < -0.3 is 24.8 Å². The second kappa shape index (κ2) is 9.28. The third-order valence-corrected chi connectivity index (χ3v) is 3.71. The Hall–Kier alpha value is -3.48. The van der Waals surface area contributed by atoms with Crippen molar-refractivity contribution in [2.75, 3.05) is 38.0 Å². The predicted octanol–water partition coefficient (Wildman–Crippen LogP) is 3.73. The SMILES string of the molecule is COc1ccc(OCCNc2nccc(Nc3cccc(OC)c3)n2)cc1. The zero-order chi connectivity index (χ0) is 18.9. The number of benzene rings is 2. The third kappa shape index (κ3) is 5.50. The molecule has 0 aliphatic carbocycles. The summed E-state index contributed by atoms with van der Waals surface area (Å²) < 4.78 is 16.0. The van der Waals surface area contributed by atoms with Gasteiger partial charge in [0.2, 0.25) is 5.95 Å². The lowest BCUT2D eigenvalue weighted by Crippen LogP contribution is -2.13. The van der Waals surface area contributed by atoms with E-state index in [9.17, 15) is 0 Å². The highest BCUT2D eigenvalue weighted by Crippen LogP contribution is 2.20. The molecule has 0 amide bonds. The molecule has 7 nitrogen and oxygen atoms in total. The first-order valence-electron chi connectivity index (χ1n) is 8.51. The van der Waals surface area contributed by atoms with Gasteiger partial charge in [0.05, 0.1) is 20.8 Å². The smallest absolute Gasteiger partial charge is 0.224 e. The van der Waals surface area contributed by atoms with Crippen LogP contribution in [0.2, 0.25) is 0 Å². The molecule has 2 aromatic carbocycles. The maximum absolute atomic E-state index is 5.68. The van der Waals surface area contributed by atoms with Crippen molar-refractivity contribution >= 4 is 17.5 Å². The highest BCUT2D eigenvalue weighted by molar-refractivity contribution is 5.58. The first kappa shape index (κ1) is 18.3. The molecule has 1 aromatic heterocycles. The number of hydrogen-bond acceptors (Lipinski definition) is 7. The van der Waals surface area contributed by atoms with Crippen molar-refractivity contribution in [2.45, 2.75) is 0 Å². The number of rotatable bonds is 9. The maximum atomic E-state index is 5.68. The summed E-state index contributed by atoms with van der Waals surface area (Å²) in [7, 11) is 3.27. The van der Waals surface area contributed by atoms with E-state index in [0.717, 1.165) is 22.9 Å². The Morgan fingerprint density at radius 2 is 1.67 bits per heavy atom. The Kier molecular flexibility index (Phi) is 6.30. The topological polar surface area (TPSA) is 77.5 Å². The van der Waals surface area contributed by atoms with Gasteiger partial charge in [-0.25, -0.2) is 4.98 Å². The van der Waals surface area contributed by atoms with Gasteiger partial charge in [0.1, 0.15) is 29.7 Å². The Labute approximate surface area is 158 Å². The summed E-state index contributed by atoms with van der Waals surface area (Å²) in [6.07, 6.45) is 1.70. The van der Waals surface area contributed by atoms with Gasteiger partial charge in [0.25, 0.3) is 0 Å². The Balaban J connectivity index is 1.49. The fourth-order valence-electron chi connectivity index (χ4n) is 2.37. The van der Waals surface area contributed by atoms with Crippen molar-refractivity contribution < 1.29 is 14.2 Å². The second-order valence-corrected chi connectivity index (χ2v) is 5.57. The number of ether oxygens (including phenoxy) is 3. The summed E-state index contributed by atoms with van der Waals surface area (Å²) >= 11 is 0. The lowest BCUT2D eigenvalue weighted by Gasteiger charge is -2.10. The highest BCUT2D eigenvalue weighted by Gasteiger charge is 2.02. The van der Waals surface area contributed by atoms with Crippen LogP contribution in [0.5, 0.6) is 17.2 Å². The van der Waals surface area contributed by atoms with Gasteiger partial charge in [-0.15, -0.1) is 0 Å². The van der Waals surface area contributed by atoms with Gasteiger partial charge in [0, 0.05) is 18.0 Å². The first-order chi connectivity index (χ1) is 13.3. The fourth-order valence-corrected chi connectivity index (χ4v) is 2.37. The molecule has 0 saturated carbocycles. The molecule has 27 heavy (non-hydrogen) atoms. The molecular weight excluding hydrogens is 344 g/mol. The lowest BCUT2D eigenvalue weighted by molar-refractivity contribution is 0.331. The third-order valence-electron chi connectivity index (χ3n) is 3.71. The van der Waals surface area contributed by atoms with Crippen molar-refractivity contribution in [2.24, 2.45) is 0 Å². The molecule has 2 N–H and O–H groups in total. The lowest BCUT2D eigenvalue weighted by atomic mass is 10.3. The highest BCUT2D eigenvalue weighted by atomic mass is 16.5. The minimum atomic E-state index is 0.489. The van der Waals surface area contributed by atoms with Gasteiger partial charge >= 0.3 is 0 Å². The number of anilines is 3. The quantitative estimate of drug-likeness (QED) is 0.559. The van der Waals surface area contributed by atoms with Crippen LogP contribution in [0.15, 0.2) is 60.8 Å². The van der Waals surface area contributed by atoms with Crippen LogP contribution in [-0.2, 0) is 0 Å². The van der Waals surface area contributed by atoms with E-state index in [1.807, 2.05) is 48.5 Å². The summed E-state index contributed by atoms with van der Waals surface area (Å²) in [5.74, 6) is 3.59. The number of methoxy groups -OCH3 is 2. The second-order valence-electron chi connectivity index (χ2n) is 5.57. The maximum Gasteiger partial charge on any atom is 0.224 e. The van der Waals surface area contributed by atoms with Crippen molar-refractivity contribution in [3.05, 3.63) is 60.8 Å². The number of hydrogen-bond donors (Lipinski definition) is 2. The molecule has 0 atom stereocenters. The molecular formula is C20H22N4O3. The normalized spacial score (nSPS) is 10.1. The van der Waals surface area contributed by atoms with Gasteiger partial charge in [-0.05, 0) is 42.5 Å². The number of nitrogens with zero attached hydrogens (tertiary/aromatic N) is 2. The van der Waals surface area contributed by atoms with Crippen LogP contribution in [0.25, 0.3) is 0 Å². The van der Waals surface area contributed by atoms with Crippen LogP contribution in [0, 0.1) is 0 Å². The van der Waals surface area contributed by atoms with Crippen LogP contribution >= 0.6 is 0 Å². The largest absolute Gasteiger partial charge is 0.497 e. The van der Waals surface area contributed by atoms with Gasteiger partial charge in [0.15, 0.2) is 0 Å². The standard InChI is InChI=1S/C20H22N4O3/c1-25-16-6-8-17(9-7-16)27-13-12-22-20-21-11-10-19(24-20)23-15-4-3-5-18(14-15)26-2/h3-11,14H,12-13H2,1-2H3,(H2,21,22,23,24). The number of aromatic nitrogens is 2. The van der Waals surface area contributed by atoms with Gasteiger partial charge in [-0.2, -0.15) is 4.98 Å². The van der Waals surface area contributed by atoms with Crippen molar-refractivity contribution in [3.8, 4) is 17.2 Å². The van der Waals surface area contributed by atoms with Crippen LogP contribution in [0.1, 0.15) is 0 Å². The monoisotopic (exact) mass is 366 g/mol. The number of nitrogens with one attached hydrogen (secondary N) is 2. The Bertz CT molecular complexity index is 856. The molecule has 0 fully saturated rings. The van der Waals surface area contributed by atoms with E-state index in [0.29, 0.717) is 24.9 Å². The zero-order valence-electron chi connectivity index (χ0n) is 15.3. The molecule has 140 valence electrons. The Morgan fingerprint density at radius 3 is 2.44 bits per heavy atom. The molecule has 0 spiro atoms. The van der Waals surface area contributed by atoms with Crippen LogP contribution in [0.4, 0.5) is 17.5 Å². The summed E-state index contributed by atoms with van der Waals surface area (Å²) in [5, 5.41) is 6.38. The predicted molar refractivity (Wildman–Crippen MR) is 105 cm³/mol. The molecule has 3 rings (SSSR count). The molecule has 0 unspecified atom stereocenters. The van der Waals surface area contributed by atoms with Crippen LogP contribution in [-0.4, -0.2) is 37.3 Å². The fraction of sp³-hybridized carbons (Fsp3) is 0.200. The van der Waals surface area contributed by atoms with E-state index in [2.05, 4.69) is 20.6 Å². The van der Waals surface area contributed by atoms with Crippen LogP contribution in [0.3, 0.4) is 0 Å². The molecule has 0 aliphatic heterocycles. The van der Waals surface area contributed by atoms with Crippen molar-refractivity contribution in [3.63, 3.8) is 0 Å². The van der Waals surface area contributed by atoms with Crippen LogP contribution < -0.4 is 24.8 Å². The molecule has 0 saturated heterocycles. The van der Waals surface area contributed by atoms with Crippen molar-refractivity contribution in [1.82, 2.24) is 9.97 Å². The molecule has 7 heteroatoms. The average molecular weight is 366 g/mol. The van der Waals surface area contributed by atoms with E-state index in [-0.39, 0.29) is 0 Å².